The van der Waals surface area contributed by atoms with Gasteiger partial charge >= 0.3 is 0 Å². The predicted octanol–water partition coefficient (Wildman–Crippen LogP) is 2.88. The number of hydrogen-bond acceptors (Lipinski definition) is 6. The summed E-state index contributed by atoms with van der Waals surface area (Å²) >= 11 is 0. The molecule has 1 heterocycles. The maximum Gasteiger partial charge on any atom is 0.274 e. The number of amides is 1. The monoisotopic (exact) mass is 409 g/mol. The number of aliphatic hydroxyl groups is 1. The van der Waals surface area contributed by atoms with Crippen LogP contribution in [0.3, 0.4) is 0 Å². The molecular formula is C22H23N3O5. The number of methoxy groups -OCH3 is 2. The molecule has 0 fully saturated rings. The van der Waals surface area contributed by atoms with Gasteiger partial charge < -0.3 is 19.9 Å². The van der Waals surface area contributed by atoms with Crippen LogP contribution >= 0.6 is 0 Å². The van der Waals surface area contributed by atoms with Gasteiger partial charge in [0.25, 0.3) is 5.91 Å². The SMILES string of the molecule is COc1ccc(NC(=O)c2c(CCO)c(C(C)=O)nn2-c2ccc(OC)cc2)cc1. The molecule has 0 aliphatic rings. The van der Waals surface area contributed by atoms with Gasteiger partial charge in [0.05, 0.1) is 19.9 Å². The van der Waals surface area contributed by atoms with E-state index < -0.39 is 5.91 Å². The van der Waals surface area contributed by atoms with Crippen LogP contribution in [0.4, 0.5) is 5.69 Å². The van der Waals surface area contributed by atoms with Gasteiger partial charge in [-0.3, -0.25) is 9.59 Å². The van der Waals surface area contributed by atoms with Crippen molar-refractivity contribution in [3.05, 3.63) is 65.5 Å². The highest BCUT2D eigenvalue weighted by atomic mass is 16.5. The summed E-state index contributed by atoms with van der Waals surface area (Å²) in [6.45, 7) is 1.16. The molecule has 8 nitrogen and oxygen atoms in total. The van der Waals surface area contributed by atoms with Gasteiger partial charge in [-0.1, -0.05) is 0 Å². The summed E-state index contributed by atoms with van der Waals surface area (Å²) in [6, 6.07) is 13.8. The fraction of sp³-hybridized carbons (Fsp3) is 0.227. The molecule has 0 saturated heterocycles. The zero-order valence-electron chi connectivity index (χ0n) is 17.0. The normalized spacial score (nSPS) is 10.5. The lowest BCUT2D eigenvalue weighted by atomic mass is 10.1. The molecule has 0 atom stereocenters. The van der Waals surface area contributed by atoms with E-state index in [0.29, 0.717) is 28.4 Å². The Morgan fingerprint density at radius 3 is 2.07 bits per heavy atom. The number of aliphatic hydroxyl groups excluding tert-OH is 1. The van der Waals surface area contributed by atoms with Crippen LogP contribution in [0.5, 0.6) is 11.5 Å². The van der Waals surface area contributed by atoms with E-state index in [4.69, 9.17) is 9.47 Å². The largest absolute Gasteiger partial charge is 0.497 e. The van der Waals surface area contributed by atoms with Gasteiger partial charge in [0.1, 0.15) is 22.9 Å². The van der Waals surface area contributed by atoms with Crippen LogP contribution in [-0.2, 0) is 6.42 Å². The number of benzene rings is 2. The van der Waals surface area contributed by atoms with E-state index >= 15 is 0 Å². The zero-order chi connectivity index (χ0) is 21.7. The Hall–Kier alpha value is -3.65. The number of hydrogen-bond donors (Lipinski definition) is 2. The minimum absolute atomic E-state index is 0.121. The smallest absolute Gasteiger partial charge is 0.274 e. The molecule has 8 heteroatoms. The van der Waals surface area contributed by atoms with Crippen molar-refractivity contribution < 1.29 is 24.2 Å². The van der Waals surface area contributed by atoms with Crippen molar-refractivity contribution in [2.75, 3.05) is 26.1 Å². The number of ketones is 1. The fourth-order valence-electron chi connectivity index (χ4n) is 3.09. The van der Waals surface area contributed by atoms with Crippen LogP contribution in [0.15, 0.2) is 48.5 Å². The topological polar surface area (TPSA) is 103 Å². The van der Waals surface area contributed by atoms with Crippen molar-refractivity contribution in [2.24, 2.45) is 0 Å². The Balaban J connectivity index is 2.08. The lowest BCUT2D eigenvalue weighted by Gasteiger charge is -2.11. The van der Waals surface area contributed by atoms with Crippen LogP contribution in [0, 0.1) is 0 Å². The molecule has 2 aromatic carbocycles. The molecule has 0 saturated carbocycles. The lowest BCUT2D eigenvalue weighted by Crippen LogP contribution is -2.19. The Morgan fingerprint density at radius 1 is 1.00 bits per heavy atom. The average molecular weight is 409 g/mol. The third-order valence-electron chi connectivity index (χ3n) is 4.56. The molecule has 0 unspecified atom stereocenters. The first-order valence-electron chi connectivity index (χ1n) is 9.32. The minimum Gasteiger partial charge on any atom is -0.497 e. The van der Waals surface area contributed by atoms with E-state index in [9.17, 15) is 14.7 Å². The summed E-state index contributed by atoms with van der Waals surface area (Å²) < 4.78 is 11.7. The number of Topliss-reactive ketones (excluding diaryl/α,β-unsaturated/α-hetero) is 1. The van der Waals surface area contributed by atoms with Crippen molar-refractivity contribution in [3.8, 4) is 17.2 Å². The first-order chi connectivity index (χ1) is 14.5. The Bertz CT molecular complexity index is 1040. The molecule has 0 spiro atoms. The second kappa shape index (κ2) is 9.23. The number of anilines is 1. The van der Waals surface area contributed by atoms with Crippen molar-refractivity contribution in [1.29, 1.82) is 0 Å². The number of carbonyl (C=O) groups excluding carboxylic acids is 2. The minimum atomic E-state index is -0.445. The number of rotatable bonds is 8. The maximum absolute atomic E-state index is 13.2. The molecule has 1 aromatic heterocycles. The van der Waals surface area contributed by atoms with Crippen LogP contribution in [0.25, 0.3) is 5.69 Å². The fourth-order valence-corrected chi connectivity index (χ4v) is 3.09. The Morgan fingerprint density at radius 2 is 1.57 bits per heavy atom. The summed E-state index contributed by atoms with van der Waals surface area (Å²) in [6.07, 6.45) is 0.121. The molecule has 156 valence electrons. The van der Waals surface area contributed by atoms with Crippen molar-refractivity contribution >= 4 is 17.4 Å². The van der Waals surface area contributed by atoms with Crippen molar-refractivity contribution in [1.82, 2.24) is 9.78 Å². The van der Waals surface area contributed by atoms with Crippen molar-refractivity contribution in [2.45, 2.75) is 13.3 Å². The molecule has 1 amide bonds. The molecular weight excluding hydrogens is 386 g/mol. The van der Waals surface area contributed by atoms with Crippen LogP contribution in [0.1, 0.15) is 33.5 Å². The van der Waals surface area contributed by atoms with E-state index in [2.05, 4.69) is 10.4 Å². The highest BCUT2D eigenvalue weighted by molar-refractivity contribution is 6.07. The van der Waals surface area contributed by atoms with Gasteiger partial charge in [0.2, 0.25) is 0 Å². The van der Waals surface area contributed by atoms with E-state index in [1.165, 1.54) is 11.6 Å². The zero-order valence-corrected chi connectivity index (χ0v) is 17.0. The lowest BCUT2D eigenvalue weighted by molar-refractivity contribution is 0.100. The molecule has 3 rings (SSSR count). The second-order valence-corrected chi connectivity index (χ2v) is 6.50. The Labute approximate surface area is 174 Å². The number of nitrogens with one attached hydrogen (secondary N) is 1. The van der Waals surface area contributed by atoms with Crippen LogP contribution < -0.4 is 14.8 Å². The van der Waals surface area contributed by atoms with Gasteiger partial charge in [0.15, 0.2) is 5.78 Å². The van der Waals surface area contributed by atoms with E-state index in [1.54, 1.807) is 62.8 Å². The number of carbonyl (C=O) groups is 2. The Kier molecular flexibility index (Phi) is 6.48. The van der Waals surface area contributed by atoms with Gasteiger partial charge in [-0.05, 0) is 48.5 Å². The summed E-state index contributed by atoms with van der Waals surface area (Å²) in [7, 11) is 3.12. The quantitative estimate of drug-likeness (QED) is 0.555. The maximum atomic E-state index is 13.2. The predicted molar refractivity (Wildman–Crippen MR) is 112 cm³/mol. The van der Waals surface area contributed by atoms with E-state index in [1.807, 2.05) is 0 Å². The summed E-state index contributed by atoms with van der Waals surface area (Å²) in [5.74, 6) is 0.581. The third-order valence-corrected chi connectivity index (χ3v) is 4.56. The van der Waals surface area contributed by atoms with Crippen LogP contribution in [0.2, 0.25) is 0 Å². The molecule has 0 aliphatic carbocycles. The van der Waals surface area contributed by atoms with Gasteiger partial charge in [-0.2, -0.15) is 5.10 Å². The highest BCUT2D eigenvalue weighted by Gasteiger charge is 2.26. The first-order valence-corrected chi connectivity index (χ1v) is 9.32. The van der Waals surface area contributed by atoms with Crippen LogP contribution in [-0.4, -0.2) is 47.4 Å². The van der Waals surface area contributed by atoms with Gasteiger partial charge in [-0.25, -0.2) is 4.68 Å². The van der Waals surface area contributed by atoms with E-state index in [0.717, 1.165) is 0 Å². The molecule has 0 aliphatic heterocycles. The number of aromatic nitrogens is 2. The summed E-state index contributed by atoms with van der Waals surface area (Å²) in [4.78, 5) is 25.4. The number of nitrogens with zero attached hydrogens (tertiary/aromatic N) is 2. The summed E-state index contributed by atoms with van der Waals surface area (Å²) in [5.41, 5.74) is 1.88. The standard InChI is InChI=1S/C22H23N3O5/c1-14(27)20-19(12-13-26)21(22(28)23-15-4-8-17(29-2)9-5-15)25(24-20)16-6-10-18(30-3)11-7-16/h4-11,26H,12-13H2,1-3H3,(H,23,28). The molecule has 30 heavy (non-hydrogen) atoms. The van der Waals surface area contributed by atoms with Gasteiger partial charge in [-0.15, -0.1) is 0 Å². The van der Waals surface area contributed by atoms with E-state index in [-0.39, 0.29) is 30.2 Å². The second-order valence-electron chi connectivity index (χ2n) is 6.50. The average Bonchev–Trinajstić information content (AvgIpc) is 3.14. The van der Waals surface area contributed by atoms with Crippen molar-refractivity contribution in [3.63, 3.8) is 0 Å². The van der Waals surface area contributed by atoms with Gasteiger partial charge in [0, 0.05) is 31.2 Å². The molecule has 0 bridgehead atoms. The molecule has 0 radical (unpaired) electrons. The molecule has 2 N–H and O–H groups in total. The molecule has 3 aromatic rings. The summed E-state index contributed by atoms with van der Waals surface area (Å²) in [5, 5.41) is 16.7. The first kappa shape index (κ1) is 21.1. The number of ether oxygens (including phenoxy) is 2. The highest BCUT2D eigenvalue weighted by Crippen LogP contribution is 2.24. The third kappa shape index (κ3) is 4.33.